The molecule has 6 rings (SSSR count). The van der Waals surface area contributed by atoms with E-state index in [2.05, 4.69) is 69.2 Å². The number of rotatable bonds is 8. The normalized spacial score (nSPS) is 21.0. The van der Waals surface area contributed by atoms with E-state index in [1.54, 1.807) is 11.1 Å². The molecule has 3 heterocycles. The highest BCUT2D eigenvalue weighted by atomic mass is 16.2. The molecule has 2 fully saturated rings. The fraction of sp³-hybridized carbons (Fsp3) is 0.459. The van der Waals surface area contributed by atoms with E-state index in [9.17, 15) is 15.0 Å². The van der Waals surface area contributed by atoms with Crippen LogP contribution < -0.4 is 5.32 Å². The van der Waals surface area contributed by atoms with Crippen molar-refractivity contribution in [3.05, 3.63) is 100 Å². The van der Waals surface area contributed by atoms with Crippen molar-refractivity contribution in [1.82, 2.24) is 20.1 Å². The minimum absolute atomic E-state index is 0.0243. The predicted octanol–water partition coefficient (Wildman–Crippen LogP) is 7.07. The number of guanidine groups is 1. The lowest BCUT2D eigenvalue weighted by molar-refractivity contribution is -0.133. The molecule has 1 aliphatic carbocycles. The Bertz CT molecular complexity index is 1530. The van der Waals surface area contributed by atoms with E-state index in [0.717, 1.165) is 34.4 Å². The van der Waals surface area contributed by atoms with Gasteiger partial charge in [0.05, 0.1) is 30.2 Å². The van der Waals surface area contributed by atoms with Crippen molar-refractivity contribution < 1.29 is 9.59 Å². The van der Waals surface area contributed by atoms with Crippen LogP contribution in [-0.4, -0.2) is 32.6 Å². The first-order chi connectivity index (χ1) is 20.9. The van der Waals surface area contributed by atoms with Crippen LogP contribution in [0.25, 0.3) is 0 Å². The maximum atomic E-state index is 14.2. The van der Waals surface area contributed by atoms with E-state index in [-0.39, 0.29) is 35.1 Å². The Morgan fingerprint density at radius 1 is 1.07 bits per heavy atom. The van der Waals surface area contributed by atoms with Crippen LogP contribution in [0.15, 0.2) is 66.9 Å². The summed E-state index contributed by atoms with van der Waals surface area (Å²) in [4.78, 5) is 36.5. The molecule has 1 saturated heterocycles. The van der Waals surface area contributed by atoms with Gasteiger partial charge in [0, 0.05) is 18.3 Å². The second-order valence-electron chi connectivity index (χ2n) is 14.5. The molecule has 2 aromatic carbocycles. The number of nitrogens with one attached hydrogen (secondary N) is 2. The summed E-state index contributed by atoms with van der Waals surface area (Å²) in [5.41, 5.74) is 4.78. The molecule has 1 saturated carbocycles. The van der Waals surface area contributed by atoms with Gasteiger partial charge in [-0.15, -0.1) is 0 Å². The van der Waals surface area contributed by atoms with Crippen LogP contribution in [0.2, 0.25) is 0 Å². The smallest absolute Gasteiger partial charge is 0.254 e. The SMILES string of the molecule is CC(C)CC(c1ccc(C(C)(C)C)c(C(=O)N2Cc3cccnc3C2)c1)N1C(=N)N[C@](CC2CC2)(c2ccccc2)CC1=O. The van der Waals surface area contributed by atoms with Gasteiger partial charge >= 0.3 is 0 Å². The van der Waals surface area contributed by atoms with Gasteiger partial charge < -0.3 is 10.2 Å². The number of hydrogen-bond donors (Lipinski definition) is 2. The van der Waals surface area contributed by atoms with Crippen molar-refractivity contribution in [2.75, 3.05) is 0 Å². The quantitative estimate of drug-likeness (QED) is 0.293. The Morgan fingerprint density at radius 2 is 1.82 bits per heavy atom. The second kappa shape index (κ2) is 11.5. The van der Waals surface area contributed by atoms with Crippen LogP contribution in [0.3, 0.4) is 0 Å². The second-order valence-corrected chi connectivity index (χ2v) is 14.5. The fourth-order valence-electron chi connectivity index (χ4n) is 7.07. The van der Waals surface area contributed by atoms with Gasteiger partial charge in [-0.05, 0) is 64.5 Å². The van der Waals surface area contributed by atoms with E-state index in [1.165, 1.54) is 12.8 Å². The Labute approximate surface area is 261 Å². The number of fused-ring (bicyclic) bond motifs is 1. The lowest BCUT2D eigenvalue weighted by Gasteiger charge is -2.46. The first-order valence-electron chi connectivity index (χ1n) is 16.1. The zero-order valence-electron chi connectivity index (χ0n) is 26.7. The van der Waals surface area contributed by atoms with Gasteiger partial charge in [-0.1, -0.05) is 96.0 Å². The summed E-state index contributed by atoms with van der Waals surface area (Å²) in [6, 6.07) is 19.9. The molecule has 1 unspecified atom stereocenters. The lowest BCUT2D eigenvalue weighted by Crippen LogP contribution is -2.61. The van der Waals surface area contributed by atoms with Gasteiger partial charge in [-0.2, -0.15) is 0 Å². The summed E-state index contributed by atoms with van der Waals surface area (Å²) < 4.78 is 0. The topological polar surface area (TPSA) is 89.4 Å². The van der Waals surface area contributed by atoms with Gasteiger partial charge in [0.15, 0.2) is 5.96 Å². The standard InChI is InChI=1S/C37H45N5O2/c1-24(2)18-32(42-33(43)21-37(40-35(42)38,20-25-13-14-25)28-11-7-6-8-12-28)26-15-16-30(36(3,4)5)29(19-26)34(44)41-22-27-10-9-17-39-31(27)23-41/h6-12,15-17,19,24-25,32H,13-14,18,20-23H2,1-5H3,(H2,38,40)/t32?,37-/m0/s1. The Kier molecular flexibility index (Phi) is 7.85. The molecule has 0 spiro atoms. The number of carbonyl (C=O) groups excluding carboxylic acids is 2. The highest BCUT2D eigenvalue weighted by molar-refractivity contribution is 6.00. The van der Waals surface area contributed by atoms with Gasteiger partial charge in [-0.25, -0.2) is 0 Å². The van der Waals surface area contributed by atoms with E-state index in [1.807, 2.05) is 41.3 Å². The molecule has 2 amide bonds. The van der Waals surface area contributed by atoms with Crippen LogP contribution >= 0.6 is 0 Å². The molecule has 230 valence electrons. The Morgan fingerprint density at radius 3 is 2.45 bits per heavy atom. The van der Waals surface area contributed by atoms with Crippen LogP contribution in [0, 0.1) is 17.2 Å². The van der Waals surface area contributed by atoms with Crippen molar-refractivity contribution in [2.45, 2.75) is 96.8 Å². The van der Waals surface area contributed by atoms with Crippen molar-refractivity contribution >= 4 is 17.8 Å². The molecule has 3 aliphatic rings. The van der Waals surface area contributed by atoms with Crippen molar-refractivity contribution in [2.24, 2.45) is 11.8 Å². The van der Waals surface area contributed by atoms with Crippen LogP contribution in [0.4, 0.5) is 0 Å². The molecule has 0 bridgehead atoms. The number of hydrogen-bond acceptors (Lipinski definition) is 4. The largest absolute Gasteiger partial charge is 0.346 e. The first kappa shape index (κ1) is 30.0. The minimum Gasteiger partial charge on any atom is -0.346 e. The number of aromatic nitrogens is 1. The number of nitrogens with zero attached hydrogens (tertiary/aromatic N) is 3. The van der Waals surface area contributed by atoms with Crippen molar-refractivity contribution in [1.29, 1.82) is 5.41 Å². The summed E-state index contributed by atoms with van der Waals surface area (Å²) in [5.74, 6) is 0.923. The third-order valence-corrected chi connectivity index (χ3v) is 9.43. The van der Waals surface area contributed by atoms with Gasteiger partial charge in [-0.3, -0.25) is 24.9 Å². The number of amides is 2. The summed E-state index contributed by atoms with van der Waals surface area (Å²) in [5, 5.41) is 12.8. The maximum Gasteiger partial charge on any atom is 0.254 e. The summed E-state index contributed by atoms with van der Waals surface area (Å²) in [6.45, 7) is 11.7. The van der Waals surface area contributed by atoms with Crippen LogP contribution in [0.1, 0.15) is 111 Å². The average Bonchev–Trinajstić information content (AvgIpc) is 3.68. The van der Waals surface area contributed by atoms with Crippen molar-refractivity contribution in [3.63, 3.8) is 0 Å². The highest BCUT2D eigenvalue weighted by Crippen LogP contribution is 2.45. The van der Waals surface area contributed by atoms with Crippen molar-refractivity contribution in [3.8, 4) is 0 Å². The molecule has 7 nitrogen and oxygen atoms in total. The van der Waals surface area contributed by atoms with E-state index >= 15 is 0 Å². The first-order valence-corrected chi connectivity index (χ1v) is 16.1. The van der Waals surface area contributed by atoms with Crippen LogP contribution in [0.5, 0.6) is 0 Å². The molecular formula is C37H45N5O2. The molecule has 3 aromatic rings. The highest BCUT2D eigenvalue weighted by Gasteiger charge is 2.47. The van der Waals surface area contributed by atoms with Gasteiger partial charge in [0.2, 0.25) is 5.91 Å². The zero-order valence-corrected chi connectivity index (χ0v) is 26.7. The molecule has 0 radical (unpaired) electrons. The number of benzene rings is 2. The Hall–Kier alpha value is -4.00. The average molecular weight is 592 g/mol. The van der Waals surface area contributed by atoms with E-state index in [4.69, 9.17) is 0 Å². The molecule has 44 heavy (non-hydrogen) atoms. The summed E-state index contributed by atoms with van der Waals surface area (Å²) in [6.07, 6.45) is 5.95. The predicted molar refractivity (Wildman–Crippen MR) is 173 cm³/mol. The summed E-state index contributed by atoms with van der Waals surface area (Å²) in [7, 11) is 0. The van der Waals surface area contributed by atoms with Gasteiger partial charge in [0.25, 0.3) is 5.91 Å². The third-order valence-electron chi connectivity index (χ3n) is 9.43. The summed E-state index contributed by atoms with van der Waals surface area (Å²) >= 11 is 0. The lowest BCUT2D eigenvalue weighted by atomic mass is 9.79. The molecule has 7 heteroatoms. The monoisotopic (exact) mass is 591 g/mol. The van der Waals surface area contributed by atoms with E-state index in [0.29, 0.717) is 37.4 Å². The molecule has 2 atom stereocenters. The fourth-order valence-corrected chi connectivity index (χ4v) is 7.07. The van der Waals surface area contributed by atoms with Gasteiger partial charge in [0.1, 0.15) is 0 Å². The molecule has 1 aromatic heterocycles. The minimum atomic E-state index is -0.578. The Balaban J connectivity index is 1.36. The molecular weight excluding hydrogens is 546 g/mol. The van der Waals surface area contributed by atoms with Crippen LogP contribution in [-0.2, 0) is 28.8 Å². The number of carbonyl (C=O) groups is 2. The zero-order chi connectivity index (χ0) is 31.2. The molecule has 2 N–H and O–H groups in total. The third kappa shape index (κ3) is 5.89. The maximum absolute atomic E-state index is 14.2. The van der Waals surface area contributed by atoms with E-state index < -0.39 is 5.54 Å². The number of pyridine rings is 1. The molecule has 2 aliphatic heterocycles.